The van der Waals surface area contributed by atoms with E-state index in [1.54, 1.807) is 0 Å². The normalized spacial score (nSPS) is 7.55. The maximum absolute atomic E-state index is 12.5. The zero-order valence-electron chi connectivity index (χ0n) is 15.7. The van der Waals surface area contributed by atoms with Crippen LogP contribution >= 0.6 is 0 Å². The predicted octanol–water partition coefficient (Wildman–Crippen LogP) is 6.70. The smallest absolute Gasteiger partial charge is 0.159 e. The average Bonchev–Trinajstić information content (AvgIpc) is 2.63. The number of hydrogen-bond donors (Lipinski definition) is 0. The first-order chi connectivity index (χ1) is 10.8. The number of hydrogen-bond acceptors (Lipinski definition) is 2. The Morgan fingerprint density at radius 3 is 1.41 bits per heavy atom. The third kappa shape index (κ3) is 11.0. The van der Waals surface area contributed by atoms with E-state index < -0.39 is 5.82 Å². The topological polar surface area (TPSA) is 25.8 Å². The highest BCUT2D eigenvalue weighted by atomic mass is 19.1. The highest BCUT2D eigenvalue weighted by Crippen LogP contribution is 2.14. The summed E-state index contributed by atoms with van der Waals surface area (Å²) in [5.41, 5.74) is 2.08. The van der Waals surface area contributed by atoms with Crippen molar-refractivity contribution in [3.63, 3.8) is 0 Å². The molecule has 0 spiro atoms. The minimum absolute atomic E-state index is 0.416. The van der Waals surface area contributed by atoms with Gasteiger partial charge in [-0.25, -0.2) is 14.4 Å². The third-order valence-electron chi connectivity index (χ3n) is 1.93. The molecule has 0 saturated carbocycles. The molecule has 2 aromatic rings. The van der Waals surface area contributed by atoms with E-state index in [-0.39, 0.29) is 0 Å². The van der Waals surface area contributed by atoms with Crippen molar-refractivity contribution in [3.8, 4) is 11.4 Å². The molecule has 22 heavy (non-hydrogen) atoms. The van der Waals surface area contributed by atoms with Gasteiger partial charge in [0, 0.05) is 5.56 Å². The maximum atomic E-state index is 12.5. The van der Waals surface area contributed by atoms with Gasteiger partial charge in [-0.3, -0.25) is 0 Å². The molecule has 3 heteroatoms. The van der Waals surface area contributed by atoms with Crippen LogP contribution in [-0.4, -0.2) is 9.97 Å². The molecule has 0 aliphatic heterocycles. The van der Waals surface area contributed by atoms with Crippen LogP contribution in [0.15, 0.2) is 36.7 Å². The largest absolute Gasteiger partial charge is 0.233 e. The van der Waals surface area contributed by atoms with Gasteiger partial charge in [-0.2, -0.15) is 0 Å². The second-order valence-electron chi connectivity index (χ2n) is 3.09. The fraction of sp³-hybridized carbons (Fsp3) is 0.474. The van der Waals surface area contributed by atoms with Crippen molar-refractivity contribution in [3.05, 3.63) is 48.0 Å². The molecule has 0 atom stereocenters. The van der Waals surface area contributed by atoms with Gasteiger partial charge in [0.15, 0.2) is 11.6 Å². The first-order valence-electron chi connectivity index (χ1n) is 8.30. The average molecular weight is 308 g/mol. The number of halogens is 1. The number of nitrogens with zero attached hydrogens (tertiary/aromatic N) is 2. The molecule has 1 heterocycles. The molecular weight excluding hydrogens is 275 g/mol. The van der Waals surface area contributed by atoms with Gasteiger partial charge in [0.2, 0.25) is 0 Å². The van der Waals surface area contributed by atoms with Crippen LogP contribution in [0.25, 0.3) is 11.4 Å². The lowest BCUT2D eigenvalue weighted by Crippen LogP contribution is -1.89. The Bertz CT molecular complexity index is 379. The lowest BCUT2D eigenvalue weighted by Gasteiger charge is -1.99. The van der Waals surface area contributed by atoms with Crippen LogP contribution in [0, 0.1) is 12.7 Å². The fourth-order valence-electron chi connectivity index (χ4n) is 1.16. The van der Waals surface area contributed by atoms with Crippen molar-refractivity contribution in [2.45, 2.75) is 62.3 Å². The van der Waals surface area contributed by atoms with Crippen molar-refractivity contribution in [1.29, 1.82) is 0 Å². The van der Waals surface area contributed by atoms with Crippen LogP contribution in [0.3, 0.4) is 0 Å². The molecule has 0 saturated heterocycles. The Labute approximate surface area is 136 Å². The standard InChI is InChI=1S/C11H9FN2.4C2H6/c1-8-2-4-9(5-3-8)11-13-6-10(12)7-14-11;4*1-2/h2-7H,1H3;4*1-2H3. The van der Waals surface area contributed by atoms with E-state index >= 15 is 0 Å². The molecule has 0 N–H and O–H groups in total. The first-order valence-corrected chi connectivity index (χ1v) is 8.30. The van der Waals surface area contributed by atoms with Crippen LogP contribution in [0.5, 0.6) is 0 Å². The Kier molecular flexibility index (Phi) is 22.0. The van der Waals surface area contributed by atoms with E-state index in [9.17, 15) is 4.39 Å². The molecule has 1 aromatic carbocycles. The molecule has 0 radical (unpaired) electrons. The lowest BCUT2D eigenvalue weighted by molar-refractivity contribution is 0.614. The van der Waals surface area contributed by atoms with Crippen molar-refractivity contribution in [2.24, 2.45) is 0 Å². The molecule has 2 rings (SSSR count). The zero-order chi connectivity index (χ0) is 18.0. The Hall–Kier alpha value is -1.77. The summed E-state index contributed by atoms with van der Waals surface area (Å²) in [6.07, 6.45) is 2.34. The van der Waals surface area contributed by atoms with Crippen molar-refractivity contribution in [2.75, 3.05) is 0 Å². The maximum Gasteiger partial charge on any atom is 0.159 e. The van der Waals surface area contributed by atoms with Crippen LogP contribution in [0.4, 0.5) is 4.39 Å². The van der Waals surface area contributed by atoms with Gasteiger partial charge < -0.3 is 0 Å². The summed E-state index contributed by atoms with van der Waals surface area (Å²) in [5, 5.41) is 0. The molecule has 0 amide bonds. The third-order valence-corrected chi connectivity index (χ3v) is 1.93. The van der Waals surface area contributed by atoms with Crippen molar-refractivity contribution >= 4 is 0 Å². The van der Waals surface area contributed by atoms with Gasteiger partial charge >= 0.3 is 0 Å². The summed E-state index contributed by atoms with van der Waals surface area (Å²) in [7, 11) is 0. The van der Waals surface area contributed by atoms with E-state index in [1.165, 1.54) is 18.0 Å². The zero-order valence-corrected chi connectivity index (χ0v) is 15.7. The molecular formula is C19H33FN2. The van der Waals surface area contributed by atoms with Crippen LogP contribution < -0.4 is 0 Å². The quantitative estimate of drug-likeness (QED) is 0.586. The molecule has 0 unspecified atom stereocenters. The van der Waals surface area contributed by atoms with Crippen molar-refractivity contribution < 1.29 is 4.39 Å². The van der Waals surface area contributed by atoms with E-state index in [0.717, 1.165) is 5.56 Å². The Morgan fingerprint density at radius 2 is 1.05 bits per heavy atom. The number of aromatic nitrogens is 2. The fourth-order valence-corrected chi connectivity index (χ4v) is 1.16. The van der Waals surface area contributed by atoms with Crippen LogP contribution in [0.1, 0.15) is 61.0 Å². The molecule has 1 aromatic heterocycles. The number of rotatable bonds is 1. The Morgan fingerprint density at radius 1 is 0.682 bits per heavy atom. The second-order valence-corrected chi connectivity index (χ2v) is 3.09. The first kappa shape index (κ1) is 25.2. The minimum Gasteiger partial charge on any atom is -0.233 e. The molecule has 0 aliphatic rings. The molecule has 2 nitrogen and oxygen atoms in total. The second kappa shape index (κ2) is 19.2. The van der Waals surface area contributed by atoms with E-state index in [1.807, 2.05) is 86.6 Å². The summed E-state index contributed by atoms with van der Waals surface area (Å²) in [4.78, 5) is 7.78. The molecule has 0 aliphatic carbocycles. The highest BCUT2D eigenvalue weighted by Gasteiger charge is 1.99. The monoisotopic (exact) mass is 308 g/mol. The van der Waals surface area contributed by atoms with Crippen LogP contribution in [-0.2, 0) is 0 Å². The van der Waals surface area contributed by atoms with Gasteiger partial charge in [-0.1, -0.05) is 85.2 Å². The van der Waals surface area contributed by atoms with E-state index in [4.69, 9.17) is 0 Å². The van der Waals surface area contributed by atoms with Crippen LogP contribution in [0.2, 0.25) is 0 Å². The number of aryl methyl sites for hydroxylation is 1. The molecule has 0 fully saturated rings. The summed E-state index contributed by atoms with van der Waals surface area (Å²) in [6.45, 7) is 18.0. The van der Waals surface area contributed by atoms with E-state index in [0.29, 0.717) is 5.82 Å². The van der Waals surface area contributed by atoms with Crippen molar-refractivity contribution in [1.82, 2.24) is 9.97 Å². The van der Waals surface area contributed by atoms with Gasteiger partial charge in [0.25, 0.3) is 0 Å². The SMILES string of the molecule is CC.CC.CC.CC.Cc1ccc(-c2ncc(F)cn2)cc1. The molecule has 126 valence electrons. The summed E-state index contributed by atoms with van der Waals surface area (Å²) in [6, 6.07) is 7.79. The highest BCUT2D eigenvalue weighted by molar-refractivity contribution is 5.54. The lowest BCUT2D eigenvalue weighted by atomic mass is 10.1. The molecule has 0 bridgehead atoms. The van der Waals surface area contributed by atoms with Gasteiger partial charge in [-0.05, 0) is 6.92 Å². The predicted molar refractivity (Wildman–Crippen MR) is 97.6 cm³/mol. The van der Waals surface area contributed by atoms with E-state index in [2.05, 4.69) is 9.97 Å². The Balaban J connectivity index is -0.000000394. The summed E-state index contributed by atoms with van der Waals surface area (Å²) >= 11 is 0. The van der Waals surface area contributed by atoms with Gasteiger partial charge in [0.05, 0.1) is 12.4 Å². The summed E-state index contributed by atoms with van der Waals surface area (Å²) in [5.74, 6) is 0.132. The summed E-state index contributed by atoms with van der Waals surface area (Å²) < 4.78 is 12.5. The number of benzene rings is 1. The van der Waals surface area contributed by atoms with Gasteiger partial charge in [0.1, 0.15) is 0 Å². The van der Waals surface area contributed by atoms with Gasteiger partial charge in [-0.15, -0.1) is 0 Å². The minimum atomic E-state index is -0.416.